The van der Waals surface area contributed by atoms with E-state index in [0.29, 0.717) is 0 Å². The predicted molar refractivity (Wildman–Crippen MR) is 57.4 cm³/mol. The van der Waals surface area contributed by atoms with E-state index in [1.165, 1.54) is 12.1 Å². The number of aromatic nitrogens is 2. The third-order valence-corrected chi connectivity index (χ3v) is 1.85. The van der Waals surface area contributed by atoms with E-state index in [-0.39, 0.29) is 16.8 Å². The van der Waals surface area contributed by atoms with Crippen LogP contribution in [0.5, 0.6) is 0 Å². The number of carbonyl (C=O) groups is 1. The second-order valence-corrected chi connectivity index (χ2v) is 3.85. The van der Waals surface area contributed by atoms with Crippen molar-refractivity contribution in [3.63, 3.8) is 0 Å². The van der Waals surface area contributed by atoms with Gasteiger partial charge in [-0.05, 0) is 26.0 Å². The van der Waals surface area contributed by atoms with E-state index in [4.69, 9.17) is 18.0 Å². The minimum atomic E-state index is -0.710. The van der Waals surface area contributed by atoms with Crippen molar-refractivity contribution in [3.8, 4) is 12.3 Å². The first-order valence-electron chi connectivity index (χ1n) is 4.24. The van der Waals surface area contributed by atoms with Crippen LogP contribution < -0.4 is 5.32 Å². The Bertz CT molecular complexity index is 406. The van der Waals surface area contributed by atoms with Crippen molar-refractivity contribution in [2.75, 3.05) is 0 Å². The molecular weight excluding hydrogens is 214 g/mol. The summed E-state index contributed by atoms with van der Waals surface area (Å²) in [6, 6.07) is 2.98. The fraction of sp³-hybridized carbons (Fsp3) is 0.300. The van der Waals surface area contributed by atoms with Gasteiger partial charge < -0.3 is 5.32 Å². The van der Waals surface area contributed by atoms with Gasteiger partial charge >= 0.3 is 0 Å². The number of hydrogen-bond donors (Lipinski definition) is 1. The van der Waals surface area contributed by atoms with Crippen LogP contribution >= 0.6 is 11.6 Å². The Labute approximate surface area is 93.0 Å². The molecule has 0 atom stereocenters. The molecule has 1 heterocycles. The average Bonchev–Trinajstić information content (AvgIpc) is 2.18. The SMILES string of the molecule is C#CC(C)(C)NC(=O)c1ccc(Cl)nn1. The normalized spacial score (nSPS) is 10.5. The first-order chi connectivity index (χ1) is 6.94. The minimum Gasteiger partial charge on any atom is -0.335 e. The second-order valence-electron chi connectivity index (χ2n) is 3.46. The van der Waals surface area contributed by atoms with Crippen LogP contribution in [0.4, 0.5) is 0 Å². The molecule has 0 saturated carbocycles. The third-order valence-electron chi connectivity index (χ3n) is 1.65. The average molecular weight is 224 g/mol. The summed E-state index contributed by atoms with van der Waals surface area (Å²) in [7, 11) is 0. The number of nitrogens with zero attached hydrogens (tertiary/aromatic N) is 2. The Morgan fingerprint density at radius 2 is 2.20 bits per heavy atom. The molecular formula is C10H10ClN3O. The number of rotatable bonds is 2. The van der Waals surface area contributed by atoms with E-state index >= 15 is 0 Å². The fourth-order valence-corrected chi connectivity index (χ4v) is 0.922. The molecule has 1 amide bonds. The molecule has 1 aromatic rings. The Morgan fingerprint density at radius 3 is 2.67 bits per heavy atom. The largest absolute Gasteiger partial charge is 0.335 e. The molecule has 1 N–H and O–H groups in total. The quantitative estimate of drug-likeness (QED) is 0.769. The number of halogens is 1. The van der Waals surface area contributed by atoms with E-state index in [2.05, 4.69) is 21.4 Å². The lowest BCUT2D eigenvalue weighted by Crippen LogP contribution is -2.42. The molecule has 0 bridgehead atoms. The molecule has 0 radical (unpaired) electrons. The van der Waals surface area contributed by atoms with Crippen LogP contribution in [-0.2, 0) is 0 Å². The second kappa shape index (κ2) is 4.28. The maximum atomic E-state index is 11.6. The smallest absolute Gasteiger partial charge is 0.272 e. The molecule has 0 unspecified atom stereocenters. The molecule has 4 nitrogen and oxygen atoms in total. The molecule has 78 valence electrons. The maximum Gasteiger partial charge on any atom is 0.272 e. The molecule has 15 heavy (non-hydrogen) atoms. The standard InChI is InChI=1S/C10H10ClN3O/c1-4-10(2,3)12-9(15)7-5-6-8(11)14-13-7/h1,5-6H,2-3H3,(H,12,15). The molecule has 0 aliphatic rings. The van der Waals surface area contributed by atoms with Crippen molar-refractivity contribution in [2.45, 2.75) is 19.4 Å². The van der Waals surface area contributed by atoms with Gasteiger partial charge in [-0.3, -0.25) is 4.79 Å². The summed E-state index contributed by atoms with van der Waals surface area (Å²) in [5.41, 5.74) is -0.527. The summed E-state index contributed by atoms with van der Waals surface area (Å²) in [6.07, 6.45) is 5.23. The van der Waals surface area contributed by atoms with Gasteiger partial charge in [-0.25, -0.2) is 0 Å². The third kappa shape index (κ3) is 3.22. The van der Waals surface area contributed by atoms with Gasteiger partial charge in [-0.1, -0.05) is 17.5 Å². The molecule has 1 aromatic heterocycles. The molecule has 0 aliphatic heterocycles. The Kier molecular flexibility index (Phi) is 3.28. The Balaban J connectivity index is 2.79. The van der Waals surface area contributed by atoms with Gasteiger partial charge in [0.1, 0.15) is 0 Å². The van der Waals surface area contributed by atoms with E-state index < -0.39 is 5.54 Å². The Morgan fingerprint density at radius 1 is 1.53 bits per heavy atom. The van der Waals surface area contributed by atoms with Crippen LogP contribution in [0.25, 0.3) is 0 Å². The summed E-state index contributed by atoms with van der Waals surface area (Å²) in [4.78, 5) is 11.6. The molecule has 1 rings (SSSR count). The van der Waals surface area contributed by atoms with Crippen molar-refractivity contribution < 1.29 is 4.79 Å². The van der Waals surface area contributed by atoms with Crippen molar-refractivity contribution in [2.24, 2.45) is 0 Å². The van der Waals surface area contributed by atoms with E-state index in [9.17, 15) is 4.79 Å². The molecule has 0 saturated heterocycles. The highest BCUT2D eigenvalue weighted by Crippen LogP contribution is 2.04. The van der Waals surface area contributed by atoms with Gasteiger partial charge in [0.25, 0.3) is 5.91 Å². The molecule has 5 heteroatoms. The van der Waals surface area contributed by atoms with Crippen molar-refractivity contribution >= 4 is 17.5 Å². The van der Waals surface area contributed by atoms with Crippen LogP contribution in [0.3, 0.4) is 0 Å². The highest BCUT2D eigenvalue weighted by Gasteiger charge is 2.18. The van der Waals surface area contributed by atoms with E-state index in [1.54, 1.807) is 13.8 Å². The van der Waals surface area contributed by atoms with Crippen molar-refractivity contribution in [1.82, 2.24) is 15.5 Å². The number of terminal acetylenes is 1. The van der Waals surface area contributed by atoms with Gasteiger partial charge in [0, 0.05) is 0 Å². The molecule has 0 spiro atoms. The predicted octanol–water partition coefficient (Wildman–Crippen LogP) is 1.27. The molecule has 0 aromatic carbocycles. The van der Waals surface area contributed by atoms with Gasteiger partial charge in [-0.2, -0.15) is 0 Å². The lowest BCUT2D eigenvalue weighted by Gasteiger charge is -2.18. The van der Waals surface area contributed by atoms with Crippen LogP contribution in [0.15, 0.2) is 12.1 Å². The first kappa shape index (κ1) is 11.5. The number of carbonyl (C=O) groups excluding carboxylic acids is 1. The van der Waals surface area contributed by atoms with Gasteiger partial charge in [-0.15, -0.1) is 16.6 Å². The summed E-state index contributed by atoms with van der Waals surface area (Å²) >= 11 is 5.54. The van der Waals surface area contributed by atoms with Gasteiger partial charge in [0.05, 0.1) is 5.54 Å². The number of nitrogens with one attached hydrogen (secondary N) is 1. The van der Waals surface area contributed by atoms with Crippen molar-refractivity contribution in [1.29, 1.82) is 0 Å². The van der Waals surface area contributed by atoms with Gasteiger partial charge in [0.2, 0.25) is 0 Å². The molecule has 0 fully saturated rings. The topological polar surface area (TPSA) is 54.9 Å². The summed E-state index contributed by atoms with van der Waals surface area (Å²) in [5, 5.41) is 10.1. The van der Waals surface area contributed by atoms with Gasteiger partial charge in [0.15, 0.2) is 10.8 Å². The van der Waals surface area contributed by atoms with Crippen LogP contribution in [-0.4, -0.2) is 21.6 Å². The zero-order valence-electron chi connectivity index (χ0n) is 8.41. The van der Waals surface area contributed by atoms with Crippen molar-refractivity contribution in [3.05, 3.63) is 23.0 Å². The minimum absolute atomic E-state index is 0.183. The summed E-state index contributed by atoms with van der Waals surface area (Å²) in [5.74, 6) is 2.07. The van der Waals surface area contributed by atoms with E-state index in [1.807, 2.05) is 0 Å². The highest BCUT2D eigenvalue weighted by atomic mass is 35.5. The monoisotopic (exact) mass is 223 g/mol. The zero-order valence-corrected chi connectivity index (χ0v) is 9.17. The van der Waals surface area contributed by atoms with E-state index in [0.717, 1.165) is 0 Å². The maximum absolute atomic E-state index is 11.6. The lowest BCUT2D eigenvalue weighted by molar-refractivity contribution is 0.0923. The van der Waals surface area contributed by atoms with Crippen LogP contribution in [0, 0.1) is 12.3 Å². The summed E-state index contributed by atoms with van der Waals surface area (Å²) in [6.45, 7) is 3.43. The Hall–Kier alpha value is -1.60. The lowest BCUT2D eigenvalue weighted by atomic mass is 10.1. The van der Waals surface area contributed by atoms with Crippen LogP contribution in [0.1, 0.15) is 24.3 Å². The fourth-order valence-electron chi connectivity index (χ4n) is 0.821. The molecule has 0 aliphatic carbocycles. The van der Waals surface area contributed by atoms with Crippen LogP contribution in [0.2, 0.25) is 5.15 Å². The number of amides is 1. The summed E-state index contributed by atoms with van der Waals surface area (Å²) < 4.78 is 0. The first-order valence-corrected chi connectivity index (χ1v) is 4.62. The zero-order chi connectivity index (χ0) is 11.5. The highest BCUT2D eigenvalue weighted by molar-refractivity contribution is 6.29. The number of hydrogen-bond acceptors (Lipinski definition) is 3.